The van der Waals surface area contributed by atoms with Gasteiger partial charge in [0, 0.05) is 22.9 Å². The van der Waals surface area contributed by atoms with E-state index in [9.17, 15) is 9.59 Å². The van der Waals surface area contributed by atoms with E-state index < -0.39 is 0 Å². The number of benzene rings is 2. The fourth-order valence-electron chi connectivity index (χ4n) is 4.04. The monoisotopic (exact) mass is 481 g/mol. The lowest BCUT2D eigenvalue weighted by molar-refractivity contribution is -0.120. The Morgan fingerprint density at radius 3 is 2.35 bits per heavy atom. The van der Waals surface area contributed by atoms with Crippen molar-refractivity contribution in [2.45, 2.75) is 64.7 Å². The third-order valence-electron chi connectivity index (χ3n) is 5.97. The van der Waals surface area contributed by atoms with Gasteiger partial charge in [-0.3, -0.25) is 14.9 Å². The predicted molar refractivity (Wildman–Crippen MR) is 141 cm³/mol. The van der Waals surface area contributed by atoms with Crippen LogP contribution in [-0.4, -0.2) is 23.5 Å². The van der Waals surface area contributed by atoms with Crippen molar-refractivity contribution in [2.24, 2.45) is 5.92 Å². The Kier molecular flexibility index (Phi) is 10.3. The Labute approximate surface area is 207 Å². The highest BCUT2D eigenvalue weighted by molar-refractivity contribution is 7.80. The van der Waals surface area contributed by atoms with E-state index in [0.29, 0.717) is 23.5 Å². The molecule has 7 heteroatoms. The second kappa shape index (κ2) is 13.7. The van der Waals surface area contributed by atoms with Gasteiger partial charge in [0.2, 0.25) is 5.91 Å². The maximum absolute atomic E-state index is 12.5. The van der Waals surface area contributed by atoms with Gasteiger partial charge in [-0.2, -0.15) is 0 Å². The lowest BCUT2D eigenvalue weighted by Gasteiger charge is -2.21. The summed E-state index contributed by atoms with van der Waals surface area (Å²) in [6.07, 6.45) is 9.95. The van der Waals surface area contributed by atoms with Crippen molar-refractivity contribution in [1.29, 1.82) is 0 Å². The summed E-state index contributed by atoms with van der Waals surface area (Å²) in [4.78, 5) is 25.0. The van der Waals surface area contributed by atoms with Gasteiger partial charge in [0.05, 0.1) is 6.61 Å². The van der Waals surface area contributed by atoms with Crippen LogP contribution in [0.2, 0.25) is 0 Å². The summed E-state index contributed by atoms with van der Waals surface area (Å²) in [5, 5.41) is 8.90. The van der Waals surface area contributed by atoms with Crippen LogP contribution >= 0.6 is 12.2 Å². The Balaban J connectivity index is 1.46. The molecule has 3 rings (SSSR count). The van der Waals surface area contributed by atoms with E-state index in [1.54, 1.807) is 24.3 Å². The molecule has 34 heavy (non-hydrogen) atoms. The molecular weight excluding hydrogens is 446 g/mol. The largest absolute Gasteiger partial charge is 0.494 e. The van der Waals surface area contributed by atoms with Gasteiger partial charge in [-0.05, 0) is 73.9 Å². The normalized spacial score (nSPS) is 13.7. The van der Waals surface area contributed by atoms with Gasteiger partial charge in [-0.15, -0.1) is 0 Å². The Bertz CT molecular complexity index is 956. The molecule has 1 saturated carbocycles. The molecule has 0 unspecified atom stereocenters. The molecule has 1 aliphatic rings. The first-order valence-corrected chi connectivity index (χ1v) is 12.7. The highest BCUT2D eigenvalue weighted by Gasteiger charge is 2.21. The Hall–Kier alpha value is -2.93. The molecule has 0 bridgehead atoms. The van der Waals surface area contributed by atoms with Gasteiger partial charge in [-0.1, -0.05) is 51.5 Å². The van der Waals surface area contributed by atoms with Crippen molar-refractivity contribution < 1.29 is 14.3 Å². The zero-order valence-electron chi connectivity index (χ0n) is 19.9. The van der Waals surface area contributed by atoms with Crippen LogP contribution in [0.15, 0.2) is 48.5 Å². The lowest BCUT2D eigenvalue weighted by Crippen LogP contribution is -2.34. The van der Waals surface area contributed by atoms with E-state index in [1.807, 2.05) is 24.3 Å². The van der Waals surface area contributed by atoms with E-state index in [0.717, 1.165) is 44.3 Å². The second-order valence-corrected chi connectivity index (χ2v) is 9.15. The average molecular weight is 482 g/mol. The molecule has 0 spiro atoms. The van der Waals surface area contributed by atoms with E-state index in [-0.39, 0.29) is 22.8 Å². The maximum atomic E-state index is 12.5. The van der Waals surface area contributed by atoms with Crippen LogP contribution in [0, 0.1) is 5.92 Å². The van der Waals surface area contributed by atoms with Gasteiger partial charge >= 0.3 is 0 Å². The summed E-state index contributed by atoms with van der Waals surface area (Å²) >= 11 is 5.31. The first kappa shape index (κ1) is 25.7. The third-order valence-corrected chi connectivity index (χ3v) is 6.18. The van der Waals surface area contributed by atoms with E-state index in [2.05, 4.69) is 22.9 Å². The topological polar surface area (TPSA) is 79.5 Å². The fourth-order valence-corrected chi connectivity index (χ4v) is 4.25. The molecule has 0 saturated heterocycles. The first-order chi connectivity index (χ1) is 16.5. The van der Waals surface area contributed by atoms with E-state index in [1.165, 1.54) is 19.3 Å². The van der Waals surface area contributed by atoms with Crippen molar-refractivity contribution in [2.75, 3.05) is 17.2 Å². The lowest BCUT2D eigenvalue weighted by atomic mass is 9.88. The summed E-state index contributed by atoms with van der Waals surface area (Å²) < 4.78 is 5.72. The number of unbranched alkanes of at least 4 members (excludes halogenated alkanes) is 3. The quantitative estimate of drug-likeness (QED) is 0.274. The number of anilines is 2. The number of carbonyl (C=O) groups excluding carboxylic acids is 2. The number of carbonyl (C=O) groups is 2. The molecule has 1 fully saturated rings. The van der Waals surface area contributed by atoms with Crippen LogP contribution in [0.3, 0.4) is 0 Å². The van der Waals surface area contributed by atoms with E-state index in [4.69, 9.17) is 17.0 Å². The Morgan fingerprint density at radius 2 is 1.65 bits per heavy atom. The molecule has 0 heterocycles. The van der Waals surface area contributed by atoms with Gasteiger partial charge in [-0.25, -0.2) is 0 Å². The molecular formula is C27H35N3O3S. The number of rotatable bonds is 10. The second-order valence-electron chi connectivity index (χ2n) is 8.75. The molecule has 2 aromatic carbocycles. The number of hydrogen-bond acceptors (Lipinski definition) is 4. The summed E-state index contributed by atoms with van der Waals surface area (Å²) in [5.74, 6) is 0.610. The molecule has 0 aliphatic heterocycles. The van der Waals surface area contributed by atoms with Crippen LogP contribution in [-0.2, 0) is 4.79 Å². The minimum absolute atomic E-state index is 0.0705. The summed E-state index contributed by atoms with van der Waals surface area (Å²) in [6, 6.07) is 14.4. The molecule has 0 aromatic heterocycles. The standard InChI is InChI=1S/C27H35N3O3S/c1-2-3-4-8-18-33-24-16-14-21(15-17-24)26(32)30-27(34)29-23-13-9-12-22(19-23)28-25(31)20-10-6-5-7-11-20/h9,12-17,19-20H,2-8,10-11,18H2,1H3,(H,28,31)(H2,29,30,32,34). The zero-order chi connectivity index (χ0) is 24.2. The molecule has 6 nitrogen and oxygen atoms in total. The van der Waals surface area contributed by atoms with Crippen molar-refractivity contribution in [3.63, 3.8) is 0 Å². The first-order valence-electron chi connectivity index (χ1n) is 12.3. The molecule has 1 aliphatic carbocycles. The summed E-state index contributed by atoms with van der Waals surface area (Å²) in [5.41, 5.74) is 1.90. The maximum Gasteiger partial charge on any atom is 0.257 e. The smallest absolute Gasteiger partial charge is 0.257 e. The van der Waals surface area contributed by atoms with Gasteiger partial charge in [0.1, 0.15) is 5.75 Å². The molecule has 0 radical (unpaired) electrons. The van der Waals surface area contributed by atoms with Gasteiger partial charge in [0.15, 0.2) is 5.11 Å². The van der Waals surface area contributed by atoms with Crippen molar-refractivity contribution in [3.05, 3.63) is 54.1 Å². The van der Waals surface area contributed by atoms with Crippen LogP contribution in [0.5, 0.6) is 5.75 Å². The molecule has 0 atom stereocenters. The minimum atomic E-state index is -0.297. The number of ether oxygens (including phenoxy) is 1. The van der Waals surface area contributed by atoms with Crippen LogP contribution in [0.25, 0.3) is 0 Å². The zero-order valence-corrected chi connectivity index (χ0v) is 20.7. The van der Waals surface area contributed by atoms with Crippen molar-refractivity contribution >= 4 is 40.5 Å². The van der Waals surface area contributed by atoms with E-state index >= 15 is 0 Å². The third kappa shape index (κ3) is 8.45. The number of hydrogen-bond donors (Lipinski definition) is 3. The van der Waals surface area contributed by atoms with Crippen LogP contribution < -0.4 is 20.7 Å². The van der Waals surface area contributed by atoms with Crippen molar-refractivity contribution in [3.8, 4) is 5.75 Å². The summed E-state index contributed by atoms with van der Waals surface area (Å²) in [7, 11) is 0. The van der Waals surface area contributed by atoms with Gasteiger partial charge < -0.3 is 15.4 Å². The number of amides is 2. The number of nitrogens with one attached hydrogen (secondary N) is 3. The fraction of sp³-hybridized carbons (Fsp3) is 0.444. The molecule has 182 valence electrons. The average Bonchev–Trinajstić information content (AvgIpc) is 2.85. The summed E-state index contributed by atoms with van der Waals surface area (Å²) in [6.45, 7) is 2.86. The van der Waals surface area contributed by atoms with Crippen molar-refractivity contribution in [1.82, 2.24) is 5.32 Å². The Morgan fingerprint density at radius 1 is 0.941 bits per heavy atom. The number of thiocarbonyl (C=S) groups is 1. The molecule has 2 aromatic rings. The minimum Gasteiger partial charge on any atom is -0.494 e. The van der Waals surface area contributed by atoms with Crippen LogP contribution in [0.4, 0.5) is 11.4 Å². The van der Waals surface area contributed by atoms with Gasteiger partial charge in [0.25, 0.3) is 5.91 Å². The predicted octanol–water partition coefficient (Wildman–Crippen LogP) is 6.29. The highest BCUT2D eigenvalue weighted by Crippen LogP contribution is 2.25. The SMILES string of the molecule is CCCCCCOc1ccc(C(=O)NC(=S)Nc2cccc(NC(=O)C3CCCCC3)c2)cc1. The van der Waals surface area contributed by atoms with Crippen LogP contribution in [0.1, 0.15) is 75.1 Å². The molecule has 3 N–H and O–H groups in total. The highest BCUT2D eigenvalue weighted by atomic mass is 32.1. The molecule has 2 amide bonds.